The molecule has 1 N–H and O–H groups in total. The van der Waals surface area contributed by atoms with E-state index in [0.717, 1.165) is 26.3 Å². The van der Waals surface area contributed by atoms with Crippen molar-refractivity contribution in [1.82, 2.24) is 10.2 Å². The zero-order valence-electron chi connectivity index (χ0n) is 14.3. The van der Waals surface area contributed by atoms with Crippen molar-refractivity contribution in [2.45, 2.75) is 46.1 Å². The number of nitrogens with zero attached hydrogens (tertiary/aromatic N) is 1. The third-order valence-electron chi connectivity index (χ3n) is 3.47. The highest BCUT2D eigenvalue weighted by atomic mass is 16.6. The van der Waals surface area contributed by atoms with Gasteiger partial charge >= 0.3 is 6.09 Å². The van der Waals surface area contributed by atoms with E-state index in [1.165, 1.54) is 12.8 Å². The maximum absolute atomic E-state index is 11.9. The molecule has 5 nitrogen and oxygen atoms in total. The van der Waals surface area contributed by atoms with Gasteiger partial charge in [-0.15, -0.1) is 0 Å². The first-order valence-corrected chi connectivity index (χ1v) is 8.00. The normalized spacial score (nSPS) is 20.9. The smallest absolute Gasteiger partial charge is 0.410 e. The van der Waals surface area contributed by atoms with Crippen LogP contribution in [0.3, 0.4) is 0 Å². The van der Waals surface area contributed by atoms with Gasteiger partial charge in [0.15, 0.2) is 0 Å². The monoisotopic (exact) mass is 300 g/mol. The Bertz CT molecular complexity index is 309. The van der Waals surface area contributed by atoms with Crippen molar-refractivity contribution in [3.63, 3.8) is 0 Å². The van der Waals surface area contributed by atoms with Gasteiger partial charge < -0.3 is 19.7 Å². The largest absolute Gasteiger partial charge is 0.444 e. The molecule has 2 atom stereocenters. The first kappa shape index (κ1) is 18.2. The number of hydrogen-bond acceptors (Lipinski definition) is 4. The lowest BCUT2D eigenvalue weighted by molar-refractivity contribution is 0.0275. The summed E-state index contributed by atoms with van der Waals surface area (Å²) < 4.78 is 10.8. The summed E-state index contributed by atoms with van der Waals surface area (Å²) in [5.41, 5.74) is -0.437. The number of ether oxygens (including phenoxy) is 2. The van der Waals surface area contributed by atoms with Gasteiger partial charge in [0.05, 0.1) is 6.61 Å². The lowest BCUT2D eigenvalue weighted by Crippen LogP contribution is -2.39. The van der Waals surface area contributed by atoms with Crippen molar-refractivity contribution in [1.29, 1.82) is 0 Å². The van der Waals surface area contributed by atoms with Gasteiger partial charge in [0.25, 0.3) is 0 Å². The fourth-order valence-electron chi connectivity index (χ4n) is 2.45. The lowest BCUT2D eigenvalue weighted by Gasteiger charge is -2.27. The van der Waals surface area contributed by atoms with Crippen LogP contribution in [0.1, 0.15) is 40.5 Å². The van der Waals surface area contributed by atoms with Crippen molar-refractivity contribution in [3.8, 4) is 0 Å². The molecular formula is C16H32N2O3. The highest BCUT2D eigenvalue weighted by molar-refractivity contribution is 5.67. The van der Waals surface area contributed by atoms with Crippen LogP contribution in [-0.2, 0) is 9.47 Å². The molecule has 0 aromatic rings. The number of amides is 1. The standard InChI is InChI=1S/C16H32N2O3/c1-13(9-17-10-14-7-6-8-20-12-14)11-18(5)15(19)21-16(2,3)4/h13-14,17H,6-12H2,1-5H3. The highest BCUT2D eigenvalue weighted by Gasteiger charge is 2.21. The van der Waals surface area contributed by atoms with Crippen LogP contribution in [0, 0.1) is 11.8 Å². The van der Waals surface area contributed by atoms with Gasteiger partial charge in [-0.1, -0.05) is 6.92 Å². The summed E-state index contributed by atoms with van der Waals surface area (Å²) in [6, 6.07) is 0. The molecule has 0 spiro atoms. The maximum atomic E-state index is 11.9. The summed E-state index contributed by atoms with van der Waals surface area (Å²) >= 11 is 0. The predicted molar refractivity (Wildman–Crippen MR) is 84.4 cm³/mol. The van der Waals surface area contributed by atoms with E-state index in [1.807, 2.05) is 20.8 Å². The van der Waals surface area contributed by atoms with Crippen molar-refractivity contribution in [2.24, 2.45) is 11.8 Å². The number of nitrogens with one attached hydrogen (secondary N) is 1. The zero-order chi connectivity index (χ0) is 15.9. The average Bonchev–Trinajstić information content (AvgIpc) is 2.37. The summed E-state index contributed by atoms with van der Waals surface area (Å²) in [6.07, 6.45) is 2.16. The molecule has 1 amide bonds. The third kappa shape index (κ3) is 8.27. The van der Waals surface area contributed by atoms with E-state index in [1.54, 1.807) is 11.9 Å². The lowest BCUT2D eigenvalue weighted by atomic mass is 10.0. The molecule has 0 radical (unpaired) electrons. The van der Waals surface area contributed by atoms with Crippen LogP contribution in [0.2, 0.25) is 0 Å². The maximum Gasteiger partial charge on any atom is 0.410 e. The number of carbonyl (C=O) groups is 1. The molecule has 21 heavy (non-hydrogen) atoms. The van der Waals surface area contributed by atoms with Crippen molar-refractivity contribution in [2.75, 3.05) is 39.9 Å². The molecule has 2 unspecified atom stereocenters. The Balaban J connectivity index is 2.16. The van der Waals surface area contributed by atoms with E-state index in [2.05, 4.69) is 12.2 Å². The second-order valence-electron chi connectivity index (χ2n) is 7.21. The third-order valence-corrected chi connectivity index (χ3v) is 3.47. The molecule has 1 aliphatic rings. The van der Waals surface area contributed by atoms with Crippen LogP contribution in [0.25, 0.3) is 0 Å². The fraction of sp³-hybridized carbons (Fsp3) is 0.938. The molecule has 1 rings (SSSR count). The van der Waals surface area contributed by atoms with Crippen molar-refractivity contribution >= 4 is 6.09 Å². The molecule has 1 fully saturated rings. The zero-order valence-corrected chi connectivity index (χ0v) is 14.3. The average molecular weight is 300 g/mol. The molecule has 0 aromatic heterocycles. The van der Waals surface area contributed by atoms with E-state index in [-0.39, 0.29) is 6.09 Å². The molecule has 1 saturated heterocycles. The summed E-state index contributed by atoms with van der Waals surface area (Å²) in [5.74, 6) is 1.03. The first-order chi connectivity index (χ1) is 9.78. The highest BCUT2D eigenvalue weighted by Crippen LogP contribution is 2.13. The summed E-state index contributed by atoms with van der Waals surface area (Å²) in [6.45, 7) is 12.2. The van der Waals surface area contributed by atoms with Gasteiger partial charge in [0.2, 0.25) is 0 Å². The van der Waals surface area contributed by atoms with Crippen LogP contribution in [0.15, 0.2) is 0 Å². The van der Waals surface area contributed by atoms with Crippen molar-refractivity contribution < 1.29 is 14.3 Å². The quantitative estimate of drug-likeness (QED) is 0.819. The van der Waals surface area contributed by atoms with Crippen LogP contribution >= 0.6 is 0 Å². The van der Waals surface area contributed by atoms with Gasteiger partial charge in [-0.25, -0.2) is 4.79 Å². The molecule has 0 saturated carbocycles. The van der Waals surface area contributed by atoms with E-state index in [0.29, 0.717) is 18.4 Å². The SMILES string of the molecule is CC(CNCC1CCCOC1)CN(C)C(=O)OC(C)(C)C. The van der Waals surface area contributed by atoms with Crippen LogP contribution in [-0.4, -0.2) is 56.5 Å². The Kier molecular flexibility index (Phi) is 7.46. The second kappa shape index (κ2) is 8.59. The van der Waals surface area contributed by atoms with Crippen LogP contribution in [0.5, 0.6) is 0 Å². The molecule has 0 aromatic carbocycles. The Morgan fingerprint density at radius 2 is 2.19 bits per heavy atom. The molecule has 124 valence electrons. The summed E-state index contributed by atoms with van der Waals surface area (Å²) in [5, 5.41) is 3.49. The van der Waals surface area contributed by atoms with E-state index >= 15 is 0 Å². The van der Waals surface area contributed by atoms with Gasteiger partial charge in [0.1, 0.15) is 5.60 Å². The molecule has 1 heterocycles. The Hall–Kier alpha value is -0.810. The number of rotatable bonds is 6. The summed E-state index contributed by atoms with van der Waals surface area (Å²) in [7, 11) is 1.79. The molecule has 0 aliphatic carbocycles. The van der Waals surface area contributed by atoms with Crippen molar-refractivity contribution in [3.05, 3.63) is 0 Å². The Morgan fingerprint density at radius 1 is 1.48 bits per heavy atom. The molecular weight excluding hydrogens is 268 g/mol. The fourth-order valence-corrected chi connectivity index (χ4v) is 2.45. The molecule has 5 heteroatoms. The number of carbonyl (C=O) groups excluding carboxylic acids is 1. The Labute approximate surface area is 129 Å². The molecule has 1 aliphatic heterocycles. The van der Waals surface area contributed by atoms with Gasteiger partial charge in [-0.2, -0.15) is 0 Å². The topological polar surface area (TPSA) is 50.8 Å². The number of hydrogen-bond donors (Lipinski definition) is 1. The van der Waals surface area contributed by atoms with Gasteiger partial charge in [-0.05, 0) is 52.0 Å². The van der Waals surface area contributed by atoms with E-state index in [4.69, 9.17) is 9.47 Å². The second-order valence-corrected chi connectivity index (χ2v) is 7.21. The minimum absolute atomic E-state index is 0.255. The van der Waals surface area contributed by atoms with Crippen LogP contribution < -0.4 is 5.32 Å². The predicted octanol–water partition coefficient (Wildman–Crippen LogP) is 2.51. The summed E-state index contributed by atoms with van der Waals surface area (Å²) in [4.78, 5) is 13.5. The first-order valence-electron chi connectivity index (χ1n) is 8.00. The minimum Gasteiger partial charge on any atom is -0.444 e. The van der Waals surface area contributed by atoms with E-state index in [9.17, 15) is 4.79 Å². The minimum atomic E-state index is -0.437. The molecule has 0 bridgehead atoms. The van der Waals surface area contributed by atoms with Crippen LogP contribution in [0.4, 0.5) is 4.79 Å². The van der Waals surface area contributed by atoms with Gasteiger partial charge in [0, 0.05) is 26.7 Å². The Morgan fingerprint density at radius 3 is 2.76 bits per heavy atom. The van der Waals surface area contributed by atoms with Gasteiger partial charge in [-0.3, -0.25) is 0 Å². The van der Waals surface area contributed by atoms with E-state index < -0.39 is 5.60 Å².